The lowest BCUT2D eigenvalue weighted by Crippen LogP contribution is -2.10. The highest BCUT2D eigenvalue weighted by Crippen LogP contribution is 2.44. The van der Waals surface area contributed by atoms with Crippen molar-refractivity contribution >= 4 is 82.4 Å². The summed E-state index contributed by atoms with van der Waals surface area (Å²) in [5.41, 5.74) is 15.5. The minimum Gasteiger partial charge on any atom is -0.456 e. The summed E-state index contributed by atoms with van der Waals surface area (Å²) < 4.78 is 8.77. The highest BCUT2D eigenvalue weighted by atomic mass is 16.3. The molecule has 0 aliphatic carbocycles. The van der Waals surface area contributed by atoms with Gasteiger partial charge in [-0.2, -0.15) is 0 Å². The van der Waals surface area contributed by atoms with Gasteiger partial charge in [-0.25, -0.2) is 0 Å². The molecule has 65 heavy (non-hydrogen) atoms. The Bertz CT molecular complexity index is 3910. The van der Waals surface area contributed by atoms with E-state index in [4.69, 9.17) is 4.42 Å². The third-order valence-electron chi connectivity index (χ3n) is 13.2. The van der Waals surface area contributed by atoms with E-state index in [1.165, 1.54) is 54.5 Å². The Hall–Kier alpha value is -8.66. The summed E-state index contributed by atoms with van der Waals surface area (Å²) in [6, 6.07) is 87.8. The zero-order valence-electron chi connectivity index (χ0n) is 35.4. The molecule has 0 saturated carbocycles. The highest BCUT2D eigenvalue weighted by Gasteiger charge is 2.20. The van der Waals surface area contributed by atoms with E-state index in [2.05, 4.69) is 240 Å². The standard InChI is InChI=1S/C62H40N2O/c1-2-21-48-44(16-1)40-56(52-24-4-3-23-51(48)52)43-18-14-20-47(39-43)63(46-19-13-17-42(38-46)50-28-15-33-61-62(50)55-27-8-12-32-60(55)65-61)45-36-34-41(35-37-45)49-22-5-9-29-57(49)64-58-30-10-6-25-53(58)54-26-7-11-31-59(54)64/h1-40H. The van der Waals surface area contributed by atoms with Gasteiger partial charge < -0.3 is 13.9 Å². The summed E-state index contributed by atoms with van der Waals surface area (Å²) in [6.45, 7) is 0. The number of nitrogens with zero attached hydrogens (tertiary/aromatic N) is 2. The predicted molar refractivity (Wildman–Crippen MR) is 274 cm³/mol. The number of furan rings is 1. The van der Waals surface area contributed by atoms with Gasteiger partial charge in [-0.05, 0) is 122 Å². The van der Waals surface area contributed by atoms with Crippen molar-refractivity contribution in [1.29, 1.82) is 0 Å². The van der Waals surface area contributed by atoms with Crippen LogP contribution in [0.25, 0.3) is 104 Å². The van der Waals surface area contributed by atoms with Crippen molar-refractivity contribution in [3.8, 4) is 39.1 Å². The molecule has 2 aromatic heterocycles. The van der Waals surface area contributed by atoms with E-state index >= 15 is 0 Å². The van der Waals surface area contributed by atoms with Crippen LogP contribution in [-0.2, 0) is 0 Å². The third-order valence-corrected chi connectivity index (χ3v) is 13.2. The van der Waals surface area contributed by atoms with Gasteiger partial charge in [0.2, 0.25) is 0 Å². The Balaban J connectivity index is 0.980. The second kappa shape index (κ2) is 15.0. The Morgan fingerprint density at radius 3 is 1.58 bits per heavy atom. The van der Waals surface area contributed by atoms with Crippen molar-refractivity contribution in [3.63, 3.8) is 0 Å². The van der Waals surface area contributed by atoms with Gasteiger partial charge in [-0.3, -0.25) is 0 Å². The first-order chi connectivity index (χ1) is 32.2. The molecule has 0 amide bonds. The van der Waals surface area contributed by atoms with Crippen molar-refractivity contribution < 1.29 is 4.42 Å². The molecule has 0 unspecified atom stereocenters. The third kappa shape index (κ3) is 6.05. The van der Waals surface area contributed by atoms with E-state index in [9.17, 15) is 0 Å². The number of anilines is 3. The van der Waals surface area contributed by atoms with Crippen LogP contribution in [0.15, 0.2) is 247 Å². The van der Waals surface area contributed by atoms with Crippen LogP contribution in [0.4, 0.5) is 17.1 Å². The normalized spacial score (nSPS) is 11.7. The first kappa shape index (κ1) is 36.9. The molecule has 13 rings (SSSR count). The van der Waals surface area contributed by atoms with Crippen molar-refractivity contribution in [1.82, 2.24) is 4.57 Å². The Kier molecular flexibility index (Phi) is 8.53. The lowest BCUT2D eigenvalue weighted by atomic mass is 9.93. The highest BCUT2D eigenvalue weighted by molar-refractivity contribution is 6.15. The number of fused-ring (bicyclic) bond motifs is 9. The molecule has 3 nitrogen and oxygen atoms in total. The van der Waals surface area contributed by atoms with Crippen LogP contribution in [0.2, 0.25) is 0 Å². The van der Waals surface area contributed by atoms with Crippen LogP contribution in [0.5, 0.6) is 0 Å². The molecule has 304 valence electrons. The minimum atomic E-state index is 0.887. The summed E-state index contributed by atoms with van der Waals surface area (Å²) in [5.74, 6) is 0. The van der Waals surface area contributed by atoms with Gasteiger partial charge in [0.05, 0.1) is 16.7 Å². The monoisotopic (exact) mass is 828 g/mol. The zero-order chi connectivity index (χ0) is 42.8. The van der Waals surface area contributed by atoms with Crippen LogP contribution in [0, 0.1) is 0 Å². The smallest absolute Gasteiger partial charge is 0.136 e. The van der Waals surface area contributed by atoms with E-state index in [1.807, 2.05) is 12.1 Å². The molecule has 3 heteroatoms. The predicted octanol–water partition coefficient (Wildman–Crippen LogP) is 17.5. The van der Waals surface area contributed by atoms with Crippen LogP contribution in [-0.4, -0.2) is 4.57 Å². The molecule has 0 N–H and O–H groups in total. The molecule has 0 fully saturated rings. The summed E-state index contributed by atoms with van der Waals surface area (Å²) >= 11 is 0. The van der Waals surface area contributed by atoms with Gasteiger partial charge in [0.15, 0.2) is 0 Å². The Morgan fingerprint density at radius 2 is 0.846 bits per heavy atom. The molecule has 0 spiro atoms. The van der Waals surface area contributed by atoms with Crippen molar-refractivity contribution in [2.45, 2.75) is 0 Å². The maximum absolute atomic E-state index is 6.35. The van der Waals surface area contributed by atoms with Crippen LogP contribution in [0.3, 0.4) is 0 Å². The van der Waals surface area contributed by atoms with Gasteiger partial charge in [-0.15, -0.1) is 0 Å². The Labute approximate surface area is 376 Å². The van der Waals surface area contributed by atoms with E-state index in [0.29, 0.717) is 0 Å². The van der Waals surface area contributed by atoms with Crippen LogP contribution in [0.1, 0.15) is 0 Å². The average Bonchev–Trinajstić information content (AvgIpc) is 3.93. The lowest BCUT2D eigenvalue weighted by molar-refractivity contribution is 0.669. The topological polar surface area (TPSA) is 21.3 Å². The fourth-order valence-electron chi connectivity index (χ4n) is 10.3. The maximum atomic E-state index is 6.35. The van der Waals surface area contributed by atoms with Gasteiger partial charge in [0, 0.05) is 44.2 Å². The van der Waals surface area contributed by atoms with Gasteiger partial charge in [-0.1, -0.05) is 170 Å². The molecule has 0 bridgehead atoms. The number of rotatable bonds is 7. The SMILES string of the molecule is c1cc(-c2cc3ccccc3c3ccccc23)cc(N(c2ccc(-c3ccccc3-n3c4ccccc4c4ccccc43)cc2)c2cccc(-c3cccc4oc5ccccc5c34)c2)c1. The Morgan fingerprint density at radius 1 is 0.308 bits per heavy atom. The number of hydrogen-bond donors (Lipinski definition) is 0. The van der Waals surface area contributed by atoms with E-state index in [-0.39, 0.29) is 0 Å². The van der Waals surface area contributed by atoms with Crippen molar-refractivity contribution in [2.24, 2.45) is 0 Å². The van der Waals surface area contributed by atoms with Crippen molar-refractivity contribution in [3.05, 3.63) is 243 Å². The maximum Gasteiger partial charge on any atom is 0.136 e. The largest absolute Gasteiger partial charge is 0.456 e. The number of benzene rings is 11. The molecule has 0 saturated heterocycles. The van der Waals surface area contributed by atoms with Crippen molar-refractivity contribution in [2.75, 3.05) is 4.90 Å². The fraction of sp³-hybridized carbons (Fsp3) is 0. The minimum absolute atomic E-state index is 0.887. The van der Waals surface area contributed by atoms with Crippen LogP contribution < -0.4 is 4.90 Å². The second-order valence-electron chi connectivity index (χ2n) is 16.8. The molecule has 0 aliphatic heterocycles. The second-order valence-corrected chi connectivity index (χ2v) is 16.8. The average molecular weight is 829 g/mol. The fourth-order valence-corrected chi connectivity index (χ4v) is 10.3. The number of aromatic nitrogens is 1. The summed E-state index contributed by atoms with van der Waals surface area (Å²) in [6.07, 6.45) is 0. The number of para-hydroxylation sites is 4. The quantitative estimate of drug-likeness (QED) is 0.149. The molecule has 0 radical (unpaired) electrons. The van der Waals surface area contributed by atoms with E-state index in [0.717, 1.165) is 66.9 Å². The summed E-state index contributed by atoms with van der Waals surface area (Å²) in [7, 11) is 0. The molecular formula is C62H40N2O. The first-order valence-corrected chi connectivity index (χ1v) is 22.2. The molecule has 0 aliphatic rings. The first-order valence-electron chi connectivity index (χ1n) is 22.2. The molecular weight excluding hydrogens is 789 g/mol. The number of hydrogen-bond acceptors (Lipinski definition) is 2. The van der Waals surface area contributed by atoms with Gasteiger partial charge >= 0.3 is 0 Å². The van der Waals surface area contributed by atoms with Gasteiger partial charge in [0.1, 0.15) is 11.2 Å². The summed E-state index contributed by atoms with van der Waals surface area (Å²) in [4.78, 5) is 2.40. The molecule has 2 heterocycles. The molecule has 0 atom stereocenters. The van der Waals surface area contributed by atoms with Crippen LogP contribution >= 0.6 is 0 Å². The van der Waals surface area contributed by atoms with E-state index in [1.54, 1.807) is 0 Å². The molecule has 13 aromatic rings. The van der Waals surface area contributed by atoms with Gasteiger partial charge in [0.25, 0.3) is 0 Å². The molecule has 11 aromatic carbocycles. The van der Waals surface area contributed by atoms with E-state index < -0.39 is 0 Å². The lowest BCUT2D eigenvalue weighted by Gasteiger charge is -2.27. The zero-order valence-corrected chi connectivity index (χ0v) is 35.4. The summed E-state index contributed by atoms with van der Waals surface area (Å²) in [5, 5.41) is 9.74.